The molecule has 0 aromatic carbocycles. The van der Waals surface area contributed by atoms with Crippen molar-refractivity contribution in [2.75, 3.05) is 6.61 Å². The Hall–Kier alpha value is -0.0400. The second-order valence-corrected chi connectivity index (χ2v) is 3.32. The lowest BCUT2D eigenvalue weighted by molar-refractivity contribution is 0.131. The summed E-state index contributed by atoms with van der Waals surface area (Å²) in [6.07, 6.45) is 7.22. The summed E-state index contributed by atoms with van der Waals surface area (Å²) in [5.74, 6) is 0.468. The average Bonchev–Trinajstić information content (AvgIpc) is 2.05. The Bertz CT molecular complexity index is 63.3. The van der Waals surface area contributed by atoms with E-state index < -0.39 is 0 Å². The van der Waals surface area contributed by atoms with Gasteiger partial charge in [0.2, 0.25) is 0 Å². The van der Waals surface area contributed by atoms with Crippen LogP contribution in [0.15, 0.2) is 0 Å². The first-order valence-electron chi connectivity index (χ1n) is 4.93. The molecule has 0 unspecified atom stereocenters. The molecule has 11 heavy (non-hydrogen) atoms. The Morgan fingerprint density at radius 3 is 1.73 bits per heavy atom. The van der Waals surface area contributed by atoms with Gasteiger partial charge in [-0.15, -0.1) is 0 Å². The van der Waals surface area contributed by atoms with Gasteiger partial charge in [-0.25, -0.2) is 5.11 Å². The second kappa shape index (κ2) is 8.06. The van der Waals surface area contributed by atoms with Crippen molar-refractivity contribution in [2.45, 2.75) is 52.4 Å². The minimum atomic E-state index is 0.139. The molecule has 0 saturated carbocycles. The summed E-state index contributed by atoms with van der Waals surface area (Å²) in [4.78, 5) is 0. The highest BCUT2D eigenvalue weighted by Gasteiger charge is 2.05. The predicted octanol–water partition coefficient (Wildman–Crippen LogP) is 3.41. The zero-order chi connectivity index (χ0) is 8.53. The highest BCUT2D eigenvalue weighted by atomic mass is 16.3. The topological polar surface area (TPSA) is 19.9 Å². The van der Waals surface area contributed by atoms with E-state index in [1.165, 1.54) is 25.7 Å². The average molecular weight is 157 g/mol. The fourth-order valence-corrected chi connectivity index (χ4v) is 1.30. The molecule has 0 aliphatic carbocycles. The van der Waals surface area contributed by atoms with Crippen LogP contribution in [0.4, 0.5) is 0 Å². The third-order valence-electron chi connectivity index (χ3n) is 2.17. The van der Waals surface area contributed by atoms with Crippen LogP contribution in [0.2, 0.25) is 0 Å². The number of rotatable bonds is 7. The molecule has 0 heterocycles. The molecule has 0 bridgehead atoms. The predicted molar refractivity (Wildman–Crippen MR) is 48.1 cm³/mol. The summed E-state index contributed by atoms with van der Waals surface area (Å²) in [6, 6.07) is 0. The fourth-order valence-electron chi connectivity index (χ4n) is 1.30. The largest absolute Gasteiger partial charge is 0.236 e. The molecule has 0 atom stereocenters. The first-order chi connectivity index (χ1) is 5.35. The normalized spacial score (nSPS) is 10.9. The molecule has 0 saturated heterocycles. The zero-order valence-corrected chi connectivity index (χ0v) is 7.94. The van der Waals surface area contributed by atoms with Gasteiger partial charge in [0, 0.05) is 0 Å². The van der Waals surface area contributed by atoms with Crippen LogP contribution in [-0.2, 0) is 5.11 Å². The van der Waals surface area contributed by atoms with Gasteiger partial charge in [0.25, 0.3) is 0 Å². The number of unbranched alkanes of at least 4 members (excludes halogenated alkanes) is 2. The zero-order valence-electron chi connectivity index (χ0n) is 7.94. The quantitative estimate of drug-likeness (QED) is 0.539. The van der Waals surface area contributed by atoms with Crippen molar-refractivity contribution in [1.82, 2.24) is 0 Å². The molecule has 0 N–H and O–H groups in total. The minimum Gasteiger partial charge on any atom is -0.236 e. The summed E-state index contributed by atoms with van der Waals surface area (Å²) >= 11 is 0. The third-order valence-corrected chi connectivity index (χ3v) is 2.17. The molecular formula is C10H21O. The van der Waals surface area contributed by atoms with Crippen LogP contribution in [0.5, 0.6) is 0 Å². The van der Waals surface area contributed by atoms with Gasteiger partial charge in [-0.3, -0.25) is 0 Å². The van der Waals surface area contributed by atoms with E-state index >= 15 is 0 Å². The maximum Gasteiger partial charge on any atom is 0.0850 e. The first kappa shape index (κ1) is 11.0. The van der Waals surface area contributed by atoms with E-state index in [2.05, 4.69) is 13.8 Å². The van der Waals surface area contributed by atoms with Crippen LogP contribution in [0.1, 0.15) is 52.4 Å². The Morgan fingerprint density at radius 2 is 1.45 bits per heavy atom. The van der Waals surface area contributed by atoms with Crippen molar-refractivity contribution in [3.63, 3.8) is 0 Å². The van der Waals surface area contributed by atoms with Crippen LogP contribution >= 0.6 is 0 Å². The molecular weight excluding hydrogens is 136 g/mol. The molecule has 0 aliphatic heterocycles. The molecule has 1 heteroatoms. The third kappa shape index (κ3) is 6.36. The Kier molecular flexibility index (Phi) is 8.03. The molecule has 1 nitrogen and oxygen atoms in total. The standard InChI is InChI=1S/C10H21O/c1-3-5-7-10(9-11)8-6-4-2/h10H,3-9H2,1-2H3. The highest BCUT2D eigenvalue weighted by molar-refractivity contribution is 4.56. The summed E-state index contributed by atoms with van der Waals surface area (Å²) in [7, 11) is 0. The van der Waals surface area contributed by atoms with E-state index in [-0.39, 0.29) is 6.61 Å². The van der Waals surface area contributed by atoms with E-state index in [1.54, 1.807) is 0 Å². The molecule has 0 aromatic rings. The minimum absolute atomic E-state index is 0.139. The van der Waals surface area contributed by atoms with Gasteiger partial charge < -0.3 is 0 Å². The van der Waals surface area contributed by atoms with E-state index in [4.69, 9.17) is 0 Å². The van der Waals surface area contributed by atoms with Crippen molar-refractivity contribution in [1.29, 1.82) is 0 Å². The molecule has 0 aliphatic rings. The summed E-state index contributed by atoms with van der Waals surface area (Å²) in [6.45, 7) is 4.50. The molecule has 0 fully saturated rings. The van der Waals surface area contributed by atoms with Crippen molar-refractivity contribution in [3.8, 4) is 0 Å². The first-order valence-corrected chi connectivity index (χ1v) is 4.93. The lowest BCUT2D eigenvalue weighted by Gasteiger charge is -2.10. The SMILES string of the molecule is CCCCC(C[O])CCCC. The molecule has 0 spiro atoms. The van der Waals surface area contributed by atoms with E-state index in [0.29, 0.717) is 5.92 Å². The molecule has 1 radical (unpaired) electrons. The summed E-state index contributed by atoms with van der Waals surface area (Å²) in [5, 5.41) is 10.6. The molecule has 0 rings (SSSR count). The van der Waals surface area contributed by atoms with Crippen LogP contribution in [0.25, 0.3) is 0 Å². The van der Waals surface area contributed by atoms with Crippen LogP contribution in [0, 0.1) is 5.92 Å². The van der Waals surface area contributed by atoms with Crippen molar-refractivity contribution < 1.29 is 5.11 Å². The van der Waals surface area contributed by atoms with Crippen LogP contribution in [0.3, 0.4) is 0 Å². The number of hydrogen-bond acceptors (Lipinski definition) is 0. The lowest BCUT2D eigenvalue weighted by Crippen LogP contribution is -2.04. The van der Waals surface area contributed by atoms with Gasteiger partial charge >= 0.3 is 0 Å². The number of hydrogen-bond donors (Lipinski definition) is 0. The lowest BCUT2D eigenvalue weighted by atomic mass is 9.97. The van der Waals surface area contributed by atoms with Crippen LogP contribution < -0.4 is 0 Å². The monoisotopic (exact) mass is 157 g/mol. The smallest absolute Gasteiger partial charge is 0.0850 e. The summed E-state index contributed by atoms with van der Waals surface area (Å²) < 4.78 is 0. The van der Waals surface area contributed by atoms with Crippen LogP contribution in [-0.4, -0.2) is 6.61 Å². The van der Waals surface area contributed by atoms with Gasteiger partial charge in [0.1, 0.15) is 0 Å². The highest BCUT2D eigenvalue weighted by Crippen LogP contribution is 2.14. The van der Waals surface area contributed by atoms with Crippen molar-refractivity contribution >= 4 is 0 Å². The molecule has 0 aromatic heterocycles. The van der Waals surface area contributed by atoms with Gasteiger partial charge in [0.05, 0.1) is 6.61 Å². The van der Waals surface area contributed by atoms with Crippen molar-refractivity contribution in [2.24, 2.45) is 5.92 Å². The van der Waals surface area contributed by atoms with Gasteiger partial charge in [0.15, 0.2) is 0 Å². The summed E-state index contributed by atoms with van der Waals surface area (Å²) in [5.41, 5.74) is 0. The second-order valence-electron chi connectivity index (χ2n) is 3.32. The van der Waals surface area contributed by atoms with E-state index in [1.807, 2.05) is 0 Å². The Balaban J connectivity index is 3.25. The fraction of sp³-hybridized carbons (Fsp3) is 1.00. The Labute approximate surface area is 70.8 Å². The van der Waals surface area contributed by atoms with Crippen molar-refractivity contribution in [3.05, 3.63) is 0 Å². The van der Waals surface area contributed by atoms with Gasteiger partial charge in [-0.1, -0.05) is 39.5 Å². The Morgan fingerprint density at radius 1 is 1.00 bits per heavy atom. The maximum atomic E-state index is 10.6. The van der Waals surface area contributed by atoms with Gasteiger partial charge in [-0.2, -0.15) is 0 Å². The maximum absolute atomic E-state index is 10.6. The molecule has 67 valence electrons. The van der Waals surface area contributed by atoms with E-state index in [0.717, 1.165) is 12.8 Å². The molecule has 0 amide bonds. The van der Waals surface area contributed by atoms with E-state index in [9.17, 15) is 5.11 Å². The van der Waals surface area contributed by atoms with Gasteiger partial charge in [-0.05, 0) is 18.8 Å².